The lowest BCUT2D eigenvalue weighted by Crippen LogP contribution is -2.30. The van der Waals surface area contributed by atoms with Gasteiger partial charge in [-0.05, 0) is 51.2 Å². The first-order valence-corrected chi connectivity index (χ1v) is 12.4. The summed E-state index contributed by atoms with van der Waals surface area (Å²) < 4.78 is 21.4. The zero-order chi connectivity index (χ0) is 23.9. The number of fused-ring (bicyclic) bond motifs is 2. The molecule has 0 spiro atoms. The number of aryl methyl sites for hydroxylation is 1. The number of methoxy groups -OCH3 is 1. The highest BCUT2D eigenvalue weighted by Gasteiger charge is 2.26. The van der Waals surface area contributed by atoms with Crippen molar-refractivity contribution in [2.45, 2.75) is 57.3 Å². The van der Waals surface area contributed by atoms with Gasteiger partial charge in [0.1, 0.15) is 29.2 Å². The van der Waals surface area contributed by atoms with Crippen molar-refractivity contribution in [1.29, 1.82) is 0 Å². The Morgan fingerprint density at radius 1 is 1.00 bits per heavy atom. The fraction of sp³-hybridized carbons (Fsp3) is 0.462. The Kier molecular flexibility index (Phi) is 5.72. The monoisotopic (exact) mass is 475 g/mol. The second-order valence-electron chi connectivity index (χ2n) is 9.63. The first-order chi connectivity index (χ1) is 17.1. The molecule has 1 aliphatic carbocycles. The van der Waals surface area contributed by atoms with Gasteiger partial charge >= 0.3 is 0 Å². The molecule has 8 nitrogen and oxygen atoms in total. The van der Waals surface area contributed by atoms with Crippen LogP contribution >= 0.6 is 0 Å². The molecule has 1 saturated heterocycles. The van der Waals surface area contributed by atoms with E-state index in [0.29, 0.717) is 37.3 Å². The van der Waals surface area contributed by atoms with Crippen LogP contribution in [-0.2, 0) is 4.74 Å². The molecule has 0 unspecified atom stereocenters. The van der Waals surface area contributed by atoms with Crippen molar-refractivity contribution in [3.8, 4) is 11.4 Å². The Morgan fingerprint density at radius 2 is 1.77 bits per heavy atom. The van der Waals surface area contributed by atoms with Crippen molar-refractivity contribution in [2.75, 3.05) is 30.4 Å². The molecule has 1 aliphatic heterocycles. The van der Waals surface area contributed by atoms with Crippen molar-refractivity contribution in [1.82, 2.24) is 24.6 Å². The van der Waals surface area contributed by atoms with Crippen LogP contribution in [0.25, 0.3) is 28.1 Å². The molecular formula is C26H30FN7O. The maximum Gasteiger partial charge on any atom is 0.160 e. The summed E-state index contributed by atoms with van der Waals surface area (Å²) in [7, 11) is 1.79. The third-order valence-electron chi connectivity index (χ3n) is 7.22. The smallest absolute Gasteiger partial charge is 0.160 e. The Balaban J connectivity index is 1.41. The molecule has 2 fully saturated rings. The van der Waals surface area contributed by atoms with Gasteiger partial charge < -0.3 is 15.0 Å². The third kappa shape index (κ3) is 4.29. The number of hydrogen-bond donors (Lipinski definition) is 1. The van der Waals surface area contributed by atoms with Crippen LogP contribution in [0.5, 0.6) is 0 Å². The predicted octanol–water partition coefficient (Wildman–Crippen LogP) is 4.57. The highest BCUT2D eigenvalue weighted by Crippen LogP contribution is 2.30. The highest BCUT2D eigenvalue weighted by molar-refractivity contribution is 5.78. The molecule has 0 amide bonds. The van der Waals surface area contributed by atoms with Gasteiger partial charge in [0.15, 0.2) is 5.65 Å². The number of hydrogen-bond acceptors (Lipinski definition) is 7. The minimum Gasteiger partial charge on any atom is -0.381 e. The van der Waals surface area contributed by atoms with Gasteiger partial charge in [-0.2, -0.15) is 9.61 Å². The summed E-state index contributed by atoms with van der Waals surface area (Å²) in [5.41, 5.74) is 4.69. The van der Waals surface area contributed by atoms with E-state index in [-0.39, 0.29) is 0 Å². The molecule has 0 bridgehead atoms. The highest BCUT2D eigenvalue weighted by atomic mass is 19.1. The van der Waals surface area contributed by atoms with E-state index in [1.165, 1.54) is 0 Å². The Bertz CT molecular complexity index is 1360. The number of aromatic nitrogens is 5. The van der Waals surface area contributed by atoms with Crippen LogP contribution in [0.4, 0.5) is 16.0 Å². The lowest BCUT2D eigenvalue weighted by atomic mass is 9.93. The fourth-order valence-electron chi connectivity index (χ4n) is 5.25. The SMILES string of the molecule is CO[C@H]1CC[C@@H](Nc2cc(N3CC[C@@H](F)C3)nc3cc(-c4nc5ccccc5nc4C)nn23)CC1. The van der Waals surface area contributed by atoms with Crippen molar-refractivity contribution in [3.05, 3.63) is 42.1 Å². The van der Waals surface area contributed by atoms with Crippen LogP contribution in [0.2, 0.25) is 0 Å². The maximum absolute atomic E-state index is 14.0. The van der Waals surface area contributed by atoms with Crippen molar-refractivity contribution < 1.29 is 9.13 Å². The van der Waals surface area contributed by atoms with E-state index >= 15 is 0 Å². The number of halogens is 1. The second-order valence-corrected chi connectivity index (χ2v) is 9.63. The van der Waals surface area contributed by atoms with E-state index in [2.05, 4.69) is 5.32 Å². The number of nitrogens with one attached hydrogen (secondary N) is 1. The summed E-state index contributed by atoms with van der Waals surface area (Å²) in [4.78, 5) is 16.5. The van der Waals surface area contributed by atoms with Crippen LogP contribution in [0.3, 0.4) is 0 Å². The van der Waals surface area contributed by atoms with E-state index < -0.39 is 6.17 Å². The maximum atomic E-state index is 14.0. The first kappa shape index (κ1) is 22.2. The molecule has 4 aromatic rings. The molecule has 3 aromatic heterocycles. The van der Waals surface area contributed by atoms with Gasteiger partial charge in [0.05, 0.1) is 29.4 Å². The molecule has 2 aliphatic rings. The van der Waals surface area contributed by atoms with Crippen LogP contribution in [0.1, 0.15) is 37.8 Å². The fourth-order valence-corrected chi connectivity index (χ4v) is 5.25. The van der Waals surface area contributed by atoms with E-state index in [9.17, 15) is 4.39 Å². The Labute approximate surface area is 203 Å². The van der Waals surface area contributed by atoms with Crippen molar-refractivity contribution >= 4 is 28.3 Å². The summed E-state index contributed by atoms with van der Waals surface area (Å²) in [5, 5.41) is 8.60. The average molecular weight is 476 g/mol. The van der Waals surface area contributed by atoms with Crippen molar-refractivity contribution in [2.24, 2.45) is 0 Å². The lowest BCUT2D eigenvalue weighted by molar-refractivity contribution is 0.0681. The van der Waals surface area contributed by atoms with Crippen LogP contribution in [-0.4, -0.2) is 63.1 Å². The van der Waals surface area contributed by atoms with Crippen molar-refractivity contribution in [3.63, 3.8) is 0 Å². The van der Waals surface area contributed by atoms with Gasteiger partial charge in [0, 0.05) is 31.8 Å². The molecule has 1 saturated carbocycles. The number of rotatable bonds is 5. The normalized spacial score (nSPS) is 22.8. The number of alkyl halides is 1. The van der Waals surface area contributed by atoms with Gasteiger partial charge in [-0.1, -0.05) is 12.1 Å². The molecule has 1 aromatic carbocycles. The third-order valence-corrected chi connectivity index (χ3v) is 7.22. The average Bonchev–Trinajstić information content (AvgIpc) is 3.50. The second kappa shape index (κ2) is 9.03. The van der Waals surface area contributed by atoms with Gasteiger partial charge in [0.2, 0.25) is 0 Å². The summed E-state index contributed by atoms with van der Waals surface area (Å²) >= 11 is 0. The summed E-state index contributed by atoms with van der Waals surface area (Å²) in [6.07, 6.45) is 4.16. The molecule has 6 rings (SSSR count). The molecular weight excluding hydrogens is 445 g/mol. The van der Waals surface area contributed by atoms with E-state index in [4.69, 9.17) is 24.8 Å². The molecule has 1 atom stereocenters. The topological polar surface area (TPSA) is 80.5 Å². The van der Waals surface area contributed by atoms with Gasteiger partial charge in [0.25, 0.3) is 0 Å². The van der Waals surface area contributed by atoms with Crippen LogP contribution in [0, 0.1) is 6.92 Å². The van der Waals surface area contributed by atoms with Gasteiger partial charge in [-0.15, -0.1) is 0 Å². The Morgan fingerprint density at radius 3 is 2.49 bits per heavy atom. The van der Waals surface area contributed by atoms with Crippen LogP contribution in [0.15, 0.2) is 36.4 Å². The first-order valence-electron chi connectivity index (χ1n) is 12.4. The molecule has 182 valence electrons. The molecule has 9 heteroatoms. The largest absolute Gasteiger partial charge is 0.381 e. The summed E-state index contributed by atoms with van der Waals surface area (Å²) in [6, 6.07) is 12.1. The number of anilines is 2. The zero-order valence-electron chi connectivity index (χ0n) is 20.1. The Hall–Kier alpha value is -3.33. The standard InChI is InChI=1S/C26H30FN7O/c1-16-26(30-21-6-4-3-5-20(21)28-16)22-13-24-31-23(33-12-11-17(27)15-33)14-25(34(24)32-22)29-18-7-9-19(35-2)10-8-18/h3-6,13-14,17-19,29H,7-12,15H2,1-2H3/t17-,18-,19+/m1/s1. The quantitative estimate of drug-likeness (QED) is 0.453. The molecule has 35 heavy (non-hydrogen) atoms. The van der Waals surface area contributed by atoms with Crippen LogP contribution < -0.4 is 10.2 Å². The van der Waals surface area contributed by atoms with Gasteiger partial charge in [-0.3, -0.25) is 0 Å². The minimum absolute atomic E-state index is 0.321. The summed E-state index contributed by atoms with van der Waals surface area (Å²) in [5.74, 6) is 1.64. The zero-order valence-corrected chi connectivity index (χ0v) is 20.1. The summed E-state index contributed by atoms with van der Waals surface area (Å²) in [6.45, 7) is 2.99. The lowest BCUT2D eigenvalue weighted by Gasteiger charge is -2.29. The van der Waals surface area contributed by atoms with E-state index in [1.807, 2.05) is 52.7 Å². The minimum atomic E-state index is -0.815. The molecule has 1 N–H and O–H groups in total. The molecule has 4 heterocycles. The van der Waals surface area contributed by atoms with Gasteiger partial charge in [-0.25, -0.2) is 19.3 Å². The number of benzene rings is 1. The number of para-hydroxylation sites is 2. The van der Waals surface area contributed by atoms with E-state index in [0.717, 1.165) is 65.4 Å². The molecule has 0 radical (unpaired) electrons. The number of ether oxygens (including phenoxy) is 1. The van der Waals surface area contributed by atoms with E-state index in [1.54, 1.807) is 7.11 Å². The number of nitrogens with zero attached hydrogens (tertiary/aromatic N) is 6. The predicted molar refractivity (Wildman–Crippen MR) is 135 cm³/mol.